The van der Waals surface area contributed by atoms with Crippen molar-refractivity contribution in [3.8, 4) is 11.3 Å². The van der Waals surface area contributed by atoms with Gasteiger partial charge < -0.3 is 4.74 Å². The Balaban J connectivity index is 2.41. The molecule has 0 aromatic carbocycles. The maximum Gasteiger partial charge on any atom is 0.342 e. The molecule has 2 aromatic heterocycles. The van der Waals surface area contributed by atoms with Crippen LogP contribution in [0.25, 0.3) is 11.3 Å². The van der Waals surface area contributed by atoms with Crippen molar-refractivity contribution in [3.63, 3.8) is 0 Å². The van der Waals surface area contributed by atoms with Crippen LogP contribution in [0.2, 0.25) is 0 Å². The smallest absolute Gasteiger partial charge is 0.342 e. The number of carbonyl (C=O) groups is 1. The molecule has 17 heavy (non-hydrogen) atoms. The lowest BCUT2D eigenvalue weighted by molar-refractivity contribution is 0.0594. The first-order valence-corrected chi connectivity index (χ1v) is 4.87. The molecule has 0 aliphatic rings. The summed E-state index contributed by atoms with van der Waals surface area (Å²) < 4.78 is 18.0. The number of ether oxygens (including phenoxy) is 1. The Kier molecular flexibility index (Phi) is 3.09. The zero-order valence-electron chi connectivity index (χ0n) is 9.05. The van der Waals surface area contributed by atoms with Gasteiger partial charge in [0.15, 0.2) is 0 Å². The van der Waals surface area contributed by atoms with Crippen molar-refractivity contribution in [3.05, 3.63) is 48.2 Å². The van der Waals surface area contributed by atoms with Crippen molar-refractivity contribution < 1.29 is 13.9 Å². The lowest BCUT2D eigenvalue weighted by Gasteiger charge is -2.03. The number of pyridine rings is 2. The topological polar surface area (TPSA) is 52.1 Å². The Morgan fingerprint density at radius 1 is 1.24 bits per heavy atom. The van der Waals surface area contributed by atoms with Crippen LogP contribution in [0.4, 0.5) is 4.39 Å². The van der Waals surface area contributed by atoms with Crippen molar-refractivity contribution in [2.24, 2.45) is 0 Å². The maximum atomic E-state index is 13.5. The third kappa shape index (κ3) is 2.28. The Labute approximate surface area is 97.1 Å². The molecular formula is C12H9FN2O2. The summed E-state index contributed by atoms with van der Waals surface area (Å²) >= 11 is 0. The normalized spacial score (nSPS) is 10.0. The number of halogens is 1. The Hall–Kier alpha value is -2.30. The van der Waals surface area contributed by atoms with Crippen molar-refractivity contribution in [2.75, 3.05) is 7.11 Å². The van der Waals surface area contributed by atoms with Gasteiger partial charge >= 0.3 is 5.97 Å². The summed E-state index contributed by atoms with van der Waals surface area (Å²) in [4.78, 5) is 18.7. The maximum absolute atomic E-state index is 13.5. The average Bonchev–Trinajstić information content (AvgIpc) is 2.39. The molecule has 0 spiro atoms. The fraction of sp³-hybridized carbons (Fsp3) is 0.0833. The van der Waals surface area contributed by atoms with Gasteiger partial charge in [-0.2, -0.15) is 4.39 Å². The molecule has 2 heterocycles. The van der Waals surface area contributed by atoms with Gasteiger partial charge in [-0.1, -0.05) is 0 Å². The molecule has 86 valence electrons. The number of esters is 1. The molecule has 0 fully saturated rings. The minimum Gasteiger partial charge on any atom is -0.465 e. The van der Waals surface area contributed by atoms with Gasteiger partial charge in [-0.15, -0.1) is 0 Å². The van der Waals surface area contributed by atoms with Gasteiger partial charge in [-0.05, 0) is 24.3 Å². The molecule has 0 aliphatic heterocycles. The highest BCUT2D eigenvalue weighted by molar-refractivity contribution is 5.89. The summed E-state index contributed by atoms with van der Waals surface area (Å²) in [6, 6.07) is 6.33. The van der Waals surface area contributed by atoms with E-state index < -0.39 is 11.9 Å². The summed E-state index contributed by atoms with van der Waals surface area (Å²) in [5.74, 6) is -1.58. The van der Waals surface area contributed by atoms with E-state index in [1.807, 2.05) is 0 Å². The number of hydrogen-bond acceptors (Lipinski definition) is 4. The van der Waals surface area contributed by atoms with Crippen LogP contribution in [0.5, 0.6) is 0 Å². The van der Waals surface area contributed by atoms with Gasteiger partial charge in [0.25, 0.3) is 0 Å². The van der Waals surface area contributed by atoms with E-state index in [4.69, 9.17) is 0 Å². The summed E-state index contributed by atoms with van der Waals surface area (Å²) in [7, 11) is 1.19. The third-order valence-corrected chi connectivity index (χ3v) is 2.23. The molecule has 0 saturated carbocycles. The SMILES string of the molecule is COC(=O)c1ccc(-c2ccncc2)nc1F. The number of methoxy groups -OCH3 is 1. The molecule has 0 atom stereocenters. The van der Waals surface area contributed by atoms with Gasteiger partial charge in [0.1, 0.15) is 5.56 Å². The van der Waals surface area contributed by atoms with Crippen LogP contribution < -0.4 is 0 Å². The van der Waals surface area contributed by atoms with Crippen molar-refractivity contribution in [2.45, 2.75) is 0 Å². The number of carbonyl (C=O) groups excluding carboxylic acids is 1. The highest BCUT2D eigenvalue weighted by Crippen LogP contribution is 2.17. The van der Waals surface area contributed by atoms with Crippen LogP contribution in [0.1, 0.15) is 10.4 Å². The summed E-state index contributed by atoms with van der Waals surface area (Å²) in [6.45, 7) is 0. The molecular weight excluding hydrogens is 223 g/mol. The van der Waals surface area contributed by atoms with Gasteiger partial charge in [0, 0.05) is 18.0 Å². The Morgan fingerprint density at radius 2 is 1.94 bits per heavy atom. The first-order chi connectivity index (χ1) is 8.22. The largest absolute Gasteiger partial charge is 0.465 e. The third-order valence-electron chi connectivity index (χ3n) is 2.23. The average molecular weight is 232 g/mol. The monoisotopic (exact) mass is 232 g/mol. The molecule has 0 aliphatic carbocycles. The van der Waals surface area contributed by atoms with Gasteiger partial charge in [0.2, 0.25) is 5.95 Å². The predicted molar refractivity (Wildman–Crippen MR) is 58.8 cm³/mol. The number of hydrogen-bond donors (Lipinski definition) is 0. The molecule has 0 amide bonds. The molecule has 5 heteroatoms. The summed E-state index contributed by atoms with van der Waals surface area (Å²) in [5, 5.41) is 0. The zero-order valence-corrected chi connectivity index (χ0v) is 9.05. The van der Waals surface area contributed by atoms with Crippen molar-refractivity contribution >= 4 is 5.97 Å². The molecule has 2 rings (SSSR count). The lowest BCUT2D eigenvalue weighted by atomic mass is 10.1. The fourth-order valence-electron chi connectivity index (χ4n) is 1.38. The van der Waals surface area contributed by atoms with Gasteiger partial charge in [0.05, 0.1) is 12.8 Å². The molecule has 0 N–H and O–H groups in total. The van der Waals surface area contributed by atoms with E-state index >= 15 is 0 Å². The Bertz CT molecular complexity index is 543. The number of nitrogens with zero attached hydrogens (tertiary/aromatic N) is 2. The minimum atomic E-state index is -0.842. The molecule has 0 unspecified atom stereocenters. The van der Waals surface area contributed by atoms with E-state index in [0.29, 0.717) is 5.69 Å². The quantitative estimate of drug-likeness (QED) is 0.587. The second kappa shape index (κ2) is 4.69. The first-order valence-electron chi connectivity index (χ1n) is 4.87. The molecule has 0 bridgehead atoms. The van der Waals surface area contributed by atoms with Gasteiger partial charge in [-0.3, -0.25) is 4.98 Å². The molecule has 2 aromatic rings. The second-order valence-corrected chi connectivity index (χ2v) is 3.26. The highest BCUT2D eigenvalue weighted by Gasteiger charge is 2.14. The lowest BCUT2D eigenvalue weighted by Crippen LogP contribution is -2.06. The molecule has 4 nitrogen and oxygen atoms in total. The van der Waals surface area contributed by atoms with Crippen LogP contribution in [-0.4, -0.2) is 23.0 Å². The minimum absolute atomic E-state index is 0.176. The Morgan fingerprint density at radius 3 is 2.53 bits per heavy atom. The predicted octanol–water partition coefficient (Wildman–Crippen LogP) is 2.07. The highest BCUT2D eigenvalue weighted by atomic mass is 19.1. The van der Waals surface area contributed by atoms with Gasteiger partial charge in [-0.25, -0.2) is 9.78 Å². The van der Waals surface area contributed by atoms with E-state index in [1.165, 1.54) is 13.2 Å². The van der Waals surface area contributed by atoms with Crippen LogP contribution in [0.15, 0.2) is 36.7 Å². The zero-order chi connectivity index (χ0) is 12.3. The van der Waals surface area contributed by atoms with E-state index in [2.05, 4.69) is 14.7 Å². The van der Waals surface area contributed by atoms with Crippen molar-refractivity contribution in [1.29, 1.82) is 0 Å². The molecule has 0 saturated heterocycles. The fourth-order valence-corrected chi connectivity index (χ4v) is 1.38. The summed E-state index contributed by atoms with van der Waals surface area (Å²) in [5.41, 5.74) is 0.998. The van der Waals surface area contributed by atoms with Crippen LogP contribution >= 0.6 is 0 Å². The van der Waals surface area contributed by atoms with E-state index in [9.17, 15) is 9.18 Å². The van der Waals surface area contributed by atoms with Crippen LogP contribution in [-0.2, 0) is 4.74 Å². The van der Waals surface area contributed by atoms with E-state index in [-0.39, 0.29) is 5.56 Å². The number of aromatic nitrogens is 2. The second-order valence-electron chi connectivity index (χ2n) is 3.26. The van der Waals surface area contributed by atoms with E-state index in [1.54, 1.807) is 30.6 Å². The van der Waals surface area contributed by atoms with Crippen LogP contribution in [0.3, 0.4) is 0 Å². The first kappa shape index (κ1) is 11.2. The molecule has 0 radical (unpaired) electrons. The van der Waals surface area contributed by atoms with Crippen LogP contribution in [0, 0.1) is 5.95 Å². The number of rotatable bonds is 2. The standard InChI is InChI=1S/C12H9FN2O2/c1-17-12(16)9-2-3-10(15-11(9)13)8-4-6-14-7-5-8/h2-7H,1H3. The summed E-state index contributed by atoms with van der Waals surface area (Å²) in [6.07, 6.45) is 3.17. The van der Waals surface area contributed by atoms with E-state index in [0.717, 1.165) is 5.56 Å². The van der Waals surface area contributed by atoms with Crippen molar-refractivity contribution in [1.82, 2.24) is 9.97 Å².